The summed E-state index contributed by atoms with van der Waals surface area (Å²) in [6, 6.07) is 4.60. The Labute approximate surface area is 137 Å². The molecule has 0 aliphatic rings. The average molecular weight is 328 g/mol. The summed E-state index contributed by atoms with van der Waals surface area (Å²) in [5.74, 6) is 4.98. The van der Waals surface area contributed by atoms with Gasteiger partial charge in [0.1, 0.15) is 6.07 Å². The largest absolute Gasteiger partial charge is 0.465 e. The molecule has 1 heterocycles. The molecule has 24 heavy (non-hydrogen) atoms. The van der Waals surface area contributed by atoms with Crippen molar-refractivity contribution in [3.05, 3.63) is 60.9 Å². The molecule has 0 saturated heterocycles. The van der Waals surface area contributed by atoms with Crippen molar-refractivity contribution in [1.29, 1.82) is 5.26 Å². The van der Waals surface area contributed by atoms with Crippen LogP contribution in [0.5, 0.6) is 0 Å². The fraction of sp³-hybridized carbons (Fsp3) is 0.250. The normalized spacial score (nSPS) is 10.3. The van der Waals surface area contributed by atoms with Crippen LogP contribution < -0.4 is 17.1 Å². The Bertz CT molecular complexity index is 971. The van der Waals surface area contributed by atoms with E-state index in [0.29, 0.717) is 16.8 Å². The summed E-state index contributed by atoms with van der Waals surface area (Å²) >= 11 is 0. The number of aromatic nitrogens is 2. The van der Waals surface area contributed by atoms with Gasteiger partial charge in [0.2, 0.25) is 0 Å². The van der Waals surface area contributed by atoms with Crippen molar-refractivity contribution in [1.82, 2.24) is 9.24 Å². The molecule has 2 rings (SSSR count). The third-order valence-corrected chi connectivity index (χ3v) is 3.93. The number of methoxy groups -OCH3 is 1. The van der Waals surface area contributed by atoms with Crippen LogP contribution in [-0.2, 0) is 4.74 Å². The van der Waals surface area contributed by atoms with Crippen molar-refractivity contribution in [2.45, 2.75) is 20.8 Å². The van der Waals surface area contributed by atoms with Gasteiger partial charge in [-0.3, -0.25) is 4.79 Å². The van der Waals surface area contributed by atoms with Crippen LogP contribution >= 0.6 is 0 Å². The number of benzene rings is 1. The number of rotatable bonds is 2. The second-order valence-electron chi connectivity index (χ2n) is 5.29. The minimum atomic E-state index is -0.744. The molecular weight excluding hydrogens is 312 g/mol. The minimum absolute atomic E-state index is 0.0336. The van der Waals surface area contributed by atoms with E-state index in [4.69, 9.17) is 5.84 Å². The van der Waals surface area contributed by atoms with E-state index >= 15 is 0 Å². The molecule has 8 heteroatoms. The Hall–Kier alpha value is -3.34. The van der Waals surface area contributed by atoms with Crippen LogP contribution in [0.2, 0.25) is 0 Å². The lowest BCUT2D eigenvalue weighted by atomic mass is 10.0. The van der Waals surface area contributed by atoms with E-state index in [1.165, 1.54) is 19.2 Å². The topological polar surface area (TPSA) is 120 Å². The first kappa shape index (κ1) is 17.0. The standard InChI is InChI=1S/C16H16N4O4/c1-8-5-11(7-17)12(15(22)24-4)6-13(8)19-14(21)9(2)10(3)20(18)16(19)23/h5-6H,18H2,1-4H3. The summed E-state index contributed by atoms with van der Waals surface area (Å²) in [4.78, 5) is 36.9. The molecule has 0 atom stereocenters. The molecule has 2 N–H and O–H groups in total. The predicted molar refractivity (Wildman–Crippen MR) is 86.7 cm³/mol. The van der Waals surface area contributed by atoms with Crippen molar-refractivity contribution in [3.8, 4) is 11.8 Å². The number of nitrogens with zero attached hydrogens (tertiary/aromatic N) is 3. The Morgan fingerprint density at radius 1 is 1.25 bits per heavy atom. The van der Waals surface area contributed by atoms with Gasteiger partial charge in [-0.05, 0) is 38.5 Å². The lowest BCUT2D eigenvalue weighted by molar-refractivity contribution is 0.0600. The zero-order chi connectivity index (χ0) is 18.2. The molecule has 8 nitrogen and oxygen atoms in total. The van der Waals surface area contributed by atoms with Gasteiger partial charge >= 0.3 is 11.7 Å². The molecule has 1 aromatic heterocycles. The smallest absolute Gasteiger partial charge is 0.354 e. The Balaban J connectivity index is 2.95. The average Bonchev–Trinajstić information content (AvgIpc) is 2.58. The number of hydrogen-bond acceptors (Lipinski definition) is 6. The maximum Gasteiger partial charge on any atom is 0.354 e. The molecule has 0 aliphatic heterocycles. The molecule has 1 aromatic carbocycles. The summed E-state index contributed by atoms with van der Waals surface area (Å²) in [6.45, 7) is 4.74. The van der Waals surface area contributed by atoms with E-state index in [9.17, 15) is 19.6 Å². The highest BCUT2D eigenvalue weighted by atomic mass is 16.5. The van der Waals surface area contributed by atoms with E-state index in [1.54, 1.807) is 20.8 Å². The van der Waals surface area contributed by atoms with Gasteiger partial charge in [0.25, 0.3) is 5.56 Å². The number of nitriles is 1. The van der Waals surface area contributed by atoms with E-state index in [0.717, 1.165) is 9.24 Å². The minimum Gasteiger partial charge on any atom is -0.465 e. The Kier molecular flexibility index (Phi) is 4.28. The first-order valence-corrected chi connectivity index (χ1v) is 6.98. The first-order chi connectivity index (χ1) is 11.2. The van der Waals surface area contributed by atoms with Gasteiger partial charge in [-0.1, -0.05) is 0 Å². The number of hydrogen-bond donors (Lipinski definition) is 1. The van der Waals surface area contributed by atoms with Crippen LogP contribution in [0.15, 0.2) is 21.7 Å². The van der Waals surface area contributed by atoms with E-state index in [1.807, 2.05) is 6.07 Å². The highest BCUT2D eigenvalue weighted by Crippen LogP contribution is 2.19. The SMILES string of the molecule is COC(=O)c1cc(-n2c(=O)c(C)c(C)n(N)c2=O)c(C)cc1C#N. The number of nitrogens with two attached hydrogens (primary N) is 1. The molecule has 124 valence electrons. The van der Waals surface area contributed by atoms with Gasteiger partial charge in [-0.15, -0.1) is 0 Å². The highest BCUT2D eigenvalue weighted by Gasteiger charge is 2.19. The maximum atomic E-state index is 12.5. The summed E-state index contributed by atoms with van der Waals surface area (Å²) in [7, 11) is 1.18. The second-order valence-corrected chi connectivity index (χ2v) is 5.29. The van der Waals surface area contributed by atoms with Crippen LogP contribution in [0.3, 0.4) is 0 Å². The van der Waals surface area contributed by atoms with Crippen molar-refractivity contribution in [2.75, 3.05) is 13.0 Å². The fourth-order valence-electron chi connectivity index (χ4n) is 2.36. The van der Waals surface area contributed by atoms with Gasteiger partial charge in [0.05, 0.1) is 29.6 Å². The lowest BCUT2D eigenvalue weighted by Crippen LogP contribution is -2.44. The zero-order valence-electron chi connectivity index (χ0n) is 13.7. The molecule has 0 bridgehead atoms. The maximum absolute atomic E-state index is 12.5. The summed E-state index contributed by atoms with van der Waals surface area (Å²) in [5, 5.41) is 9.17. The van der Waals surface area contributed by atoms with E-state index < -0.39 is 17.2 Å². The summed E-state index contributed by atoms with van der Waals surface area (Å²) in [5.41, 5.74) is 0.0749. The predicted octanol–water partition coefficient (Wildman–Crippen LogP) is 0.297. The lowest BCUT2D eigenvalue weighted by Gasteiger charge is -2.15. The number of nitrogen functional groups attached to an aromatic ring is 1. The molecule has 0 aliphatic carbocycles. The highest BCUT2D eigenvalue weighted by molar-refractivity contribution is 5.93. The first-order valence-electron chi connectivity index (χ1n) is 6.98. The number of esters is 1. The molecular formula is C16H16N4O4. The molecule has 0 radical (unpaired) electrons. The third kappa shape index (κ3) is 2.46. The number of carbonyl (C=O) groups is 1. The van der Waals surface area contributed by atoms with E-state index in [-0.39, 0.29) is 16.8 Å². The van der Waals surface area contributed by atoms with Gasteiger partial charge in [-0.25, -0.2) is 18.8 Å². The Morgan fingerprint density at radius 2 is 1.88 bits per heavy atom. The van der Waals surface area contributed by atoms with Crippen molar-refractivity contribution >= 4 is 5.97 Å². The van der Waals surface area contributed by atoms with Gasteiger partial charge in [-0.2, -0.15) is 5.26 Å². The van der Waals surface area contributed by atoms with Crippen LogP contribution in [0.1, 0.15) is 32.7 Å². The van der Waals surface area contributed by atoms with Crippen molar-refractivity contribution in [3.63, 3.8) is 0 Å². The number of aryl methyl sites for hydroxylation is 1. The fourth-order valence-corrected chi connectivity index (χ4v) is 2.36. The van der Waals surface area contributed by atoms with Gasteiger partial charge < -0.3 is 10.6 Å². The quantitative estimate of drug-likeness (QED) is 0.625. The second kappa shape index (κ2) is 6.04. The third-order valence-electron chi connectivity index (χ3n) is 3.93. The molecule has 0 spiro atoms. The molecule has 0 saturated carbocycles. The van der Waals surface area contributed by atoms with Crippen molar-refractivity contribution < 1.29 is 9.53 Å². The van der Waals surface area contributed by atoms with Gasteiger partial charge in [0, 0.05) is 5.56 Å². The number of carbonyl (C=O) groups excluding carboxylic acids is 1. The van der Waals surface area contributed by atoms with Crippen molar-refractivity contribution in [2.24, 2.45) is 0 Å². The molecule has 2 aromatic rings. The van der Waals surface area contributed by atoms with Gasteiger partial charge in [0.15, 0.2) is 0 Å². The molecule has 0 unspecified atom stereocenters. The number of ether oxygens (including phenoxy) is 1. The summed E-state index contributed by atoms with van der Waals surface area (Å²) < 4.78 is 6.40. The molecule has 0 amide bonds. The van der Waals surface area contributed by atoms with Crippen LogP contribution in [0.25, 0.3) is 5.69 Å². The van der Waals surface area contributed by atoms with Crippen LogP contribution in [-0.4, -0.2) is 22.3 Å². The van der Waals surface area contributed by atoms with Crippen LogP contribution in [0, 0.1) is 32.1 Å². The Morgan fingerprint density at radius 3 is 2.42 bits per heavy atom. The monoisotopic (exact) mass is 328 g/mol. The van der Waals surface area contributed by atoms with Crippen LogP contribution in [0.4, 0.5) is 0 Å². The zero-order valence-corrected chi connectivity index (χ0v) is 13.7. The molecule has 0 fully saturated rings. The van der Waals surface area contributed by atoms with E-state index in [2.05, 4.69) is 4.74 Å². The summed E-state index contributed by atoms with van der Waals surface area (Å²) in [6.07, 6.45) is 0.